The first-order chi connectivity index (χ1) is 13.8. The van der Waals surface area contributed by atoms with E-state index in [-0.39, 0.29) is 24.3 Å². The van der Waals surface area contributed by atoms with Gasteiger partial charge in [-0.2, -0.15) is 4.99 Å². The highest BCUT2D eigenvalue weighted by Crippen LogP contribution is 2.41. The molecule has 0 bridgehead atoms. The van der Waals surface area contributed by atoms with E-state index >= 15 is 0 Å². The lowest BCUT2D eigenvalue weighted by Gasteiger charge is -2.27. The number of thiazole rings is 1. The van der Waals surface area contributed by atoms with Crippen molar-refractivity contribution in [2.24, 2.45) is 4.99 Å². The average molecular weight is 445 g/mol. The van der Waals surface area contributed by atoms with Crippen LogP contribution in [-0.4, -0.2) is 37.2 Å². The van der Waals surface area contributed by atoms with Crippen LogP contribution < -0.4 is 9.54 Å². The van der Waals surface area contributed by atoms with Crippen LogP contribution in [-0.2, 0) is 11.3 Å². The minimum Gasteiger partial charge on any atom is -0.496 e. The standard InChI is InChI=1S/C20H23ClF2N2O3S/c1-27-10-9-25-12-17(13-5-7-20(22,23)8-6-13)29-19(25)24-18(26)15-11-14(21)3-4-16(15)28-2/h3-4,11-13H,5-10H2,1-2H3/b24-19-. The van der Waals surface area contributed by atoms with Crippen molar-refractivity contribution in [3.8, 4) is 5.75 Å². The zero-order valence-electron chi connectivity index (χ0n) is 16.3. The topological polar surface area (TPSA) is 52.8 Å². The molecule has 3 rings (SSSR count). The number of halogens is 3. The Hall–Kier alpha value is -1.77. The number of carbonyl (C=O) groups excluding carboxylic acids is 1. The second kappa shape index (κ2) is 9.36. The van der Waals surface area contributed by atoms with Crippen LogP contribution in [0.3, 0.4) is 0 Å². The minimum absolute atomic E-state index is 0.0492. The van der Waals surface area contributed by atoms with Gasteiger partial charge in [0.2, 0.25) is 5.92 Å². The number of methoxy groups -OCH3 is 2. The van der Waals surface area contributed by atoms with Crippen molar-refractivity contribution in [3.63, 3.8) is 0 Å². The fourth-order valence-corrected chi connectivity index (χ4v) is 4.70. The summed E-state index contributed by atoms with van der Waals surface area (Å²) in [6.45, 7) is 0.954. The molecule has 0 radical (unpaired) electrons. The average Bonchev–Trinajstić information content (AvgIpc) is 3.08. The first-order valence-corrected chi connectivity index (χ1v) is 10.5. The van der Waals surface area contributed by atoms with Crippen LogP contribution in [0.15, 0.2) is 29.4 Å². The number of carbonyl (C=O) groups is 1. The second-order valence-corrected chi connectivity index (χ2v) is 8.47. The maximum absolute atomic E-state index is 13.5. The number of aromatic nitrogens is 1. The summed E-state index contributed by atoms with van der Waals surface area (Å²) in [5, 5.41) is 0.409. The molecule has 1 saturated carbocycles. The predicted molar refractivity (Wildman–Crippen MR) is 108 cm³/mol. The van der Waals surface area contributed by atoms with E-state index in [0.717, 1.165) is 4.88 Å². The molecule has 0 saturated heterocycles. The van der Waals surface area contributed by atoms with Gasteiger partial charge in [0.15, 0.2) is 4.80 Å². The molecule has 0 aliphatic heterocycles. The van der Waals surface area contributed by atoms with E-state index < -0.39 is 11.8 Å². The van der Waals surface area contributed by atoms with Gasteiger partial charge in [0.25, 0.3) is 5.91 Å². The number of benzene rings is 1. The molecule has 29 heavy (non-hydrogen) atoms. The molecule has 2 aromatic rings. The second-order valence-electron chi connectivity index (χ2n) is 6.99. The van der Waals surface area contributed by atoms with Crippen LogP contribution in [0.25, 0.3) is 0 Å². The molecule has 1 aromatic heterocycles. The largest absolute Gasteiger partial charge is 0.496 e. The molecule has 1 aliphatic carbocycles. The van der Waals surface area contributed by atoms with Crippen molar-refractivity contribution in [3.05, 3.63) is 44.7 Å². The Labute approximate surface area is 176 Å². The summed E-state index contributed by atoms with van der Waals surface area (Å²) in [7, 11) is 3.07. The Bertz CT molecular complexity index is 932. The van der Waals surface area contributed by atoms with Gasteiger partial charge in [-0.15, -0.1) is 11.3 Å². The van der Waals surface area contributed by atoms with E-state index in [0.29, 0.717) is 41.6 Å². The van der Waals surface area contributed by atoms with Crippen molar-refractivity contribution in [1.82, 2.24) is 4.57 Å². The van der Waals surface area contributed by atoms with Crippen LogP contribution >= 0.6 is 22.9 Å². The van der Waals surface area contributed by atoms with Crippen molar-refractivity contribution >= 4 is 28.8 Å². The molecule has 0 spiro atoms. The van der Waals surface area contributed by atoms with Gasteiger partial charge < -0.3 is 14.0 Å². The van der Waals surface area contributed by atoms with E-state index in [1.165, 1.54) is 24.5 Å². The third-order valence-electron chi connectivity index (χ3n) is 4.98. The summed E-state index contributed by atoms with van der Waals surface area (Å²) in [4.78, 5) is 18.5. The molecule has 1 aliphatic rings. The van der Waals surface area contributed by atoms with Gasteiger partial charge in [-0.05, 0) is 37.0 Å². The lowest BCUT2D eigenvalue weighted by atomic mass is 9.86. The van der Waals surface area contributed by atoms with E-state index in [9.17, 15) is 13.6 Å². The molecule has 9 heteroatoms. The van der Waals surface area contributed by atoms with E-state index in [2.05, 4.69) is 4.99 Å². The summed E-state index contributed by atoms with van der Waals surface area (Å²) in [5.41, 5.74) is 0.269. The van der Waals surface area contributed by atoms with Crippen LogP contribution in [0.1, 0.15) is 46.8 Å². The SMILES string of the molecule is COCCn1cc(C2CCC(F)(F)CC2)s/c1=N\C(=O)c1cc(Cl)ccc1OC. The first kappa shape index (κ1) is 21.9. The molecule has 158 valence electrons. The third kappa shape index (κ3) is 5.43. The van der Waals surface area contributed by atoms with Gasteiger partial charge in [0.05, 0.1) is 19.3 Å². The molecule has 0 atom stereocenters. The van der Waals surface area contributed by atoms with Crippen LogP contribution in [0.2, 0.25) is 5.02 Å². The van der Waals surface area contributed by atoms with Gasteiger partial charge in [-0.1, -0.05) is 11.6 Å². The summed E-state index contributed by atoms with van der Waals surface area (Å²) < 4.78 is 39.2. The normalized spacial score (nSPS) is 17.5. The highest BCUT2D eigenvalue weighted by atomic mass is 35.5. The van der Waals surface area contributed by atoms with E-state index in [4.69, 9.17) is 21.1 Å². The molecular formula is C20H23ClF2N2O3S. The summed E-state index contributed by atoms with van der Waals surface area (Å²) in [6.07, 6.45) is 2.53. The number of amides is 1. The number of ether oxygens (including phenoxy) is 2. The van der Waals surface area contributed by atoms with Gasteiger partial charge >= 0.3 is 0 Å². The summed E-state index contributed by atoms with van der Waals surface area (Å²) >= 11 is 7.38. The molecular weight excluding hydrogens is 422 g/mol. The fraction of sp³-hybridized carbons (Fsp3) is 0.500. The predicted octanol–water partition coefficient (Wildman–Crippen LogP) is 4.89. The van der Waals surface area contributed by atoms with E-state index in [1.54, 1.807) is 19.2 Å². The highest BCUT2D eigenvalue weighted by molar-refractivity contribution is 7.09. The van der Waals surface area contributed by atoms with Crippen molar-refractivity contribution in [2.45, 2.75) is 44.1 Å². The summed E-state index contributed by atoms with van der Waals surface area (Å²) in [6, 6.07) is 4.77. The van der Waals surface area contributed by atoms with Crippen LogP contribution in [0, 0.1) is 0 Å². The minimum atomic E-state index is -2.58. The third-order valence-corrected chi connectivity index (χ3v) is 6.40. The fourth-order valence-electron chi connectivity index (χ4n) is 3.34. The summed E-state index contributed by atoms with van der Waals surface area (Å²) in [5.74, 6) is -2.61. The number of rotatable bonds is 6. The Kier molecular flexibility index (Phi) is 7.08. The van der Waals surface area contributed by atoms with Gasteiger partial charge in [-0.3, -0.25) is 4.79 Å². The maximum atomic E-state index is 13.5. The molecule has 1 heterocycles. The molecule has 5 nitrogen and oxygen atoms in total. The number of hydrogen-bond donors (Lipinski definition) is 0. The van der Waals surface area contributed by atoms with Gasteiger partial charge in [0, 0.05) is 42.6 Å². The van der Waals surface area contributed by atoms with E-state index in [1.807, 2.05) is 10.8 Å². The number of hydrogen-bond acceptors (Lipinski definition) is 4. The van der Waals surface area contributed by atoms with Crippen LogP contribution in [0.4, 0.5) is 8.78 Å². The smallest absolute Gasteiger partial charge is 0.283 e. The maximum Gasteiger partial charge on any atom is 0.283 e. The highest BCUT2D eigenvalue weighted by Gasteiger charge is 2.36. The van der Waals surface area contributed by atoms with Gasteiger partial charge in [0.1, 0.15) is 5.75 Å². The lowest BCUT2D eigenvalue weighted by Crippen LogP contribution is -2.23. The zero-order chi connectivity index (χ0) is 21.0. The molecule has 1 amide bonds. The Morgan fingerprint density at radius 1 is 1.34 bits per heavy atom. The molecule has 0 unspecified atom stereocenters. The Morgan fingerprint density at radius 3 is 2.72 bits per heavy atom. The molecule has 1 fully saturated rings. The van der Waals surface area contributed by atoms with Gasteiger partial charge in [-0.25, -0.2) is 8.78 Å². The van der Waals surface area contributed by atoms with Crippen molar-refractivity contribution in [2.75, 3.05) is 20.8 Å². The molecule has 1 aromatic carbocycles. The van der Waals surface area contributed by atoms with Crippen molar-refractivity contribution < 1.29 is 23.0 Å². The van der Waals surface area contributed by atoms with Crippen molar-refractivity contribution in [1.29, 1.82) is 0 Å². The monoisotopic (exact) mass is 444 g/mol. The number of nitrogens with zero attached hydrogens (tertiary/aromatic N) is 2. The quantitative estimate of drug-likeness (QED) is 0.637. The Balaban J connectivity index is 1.94. The Morgan fingerprint density at radius 2 is 2.07 bits per heavy atom. The number of alkyl halides is 2. The molecule has 0 N–H and O–H groups in total. The zero-order valence-corrected chi connectivity index (χ0v) is 17.9. The lowest BCUT2D eigenvalue weighted by molar-refractivity contribution is -0.0380. The van der Waals surface area contributed by atoms with Crippen LogP contribution in [0.5, 0.6) is 5.75 Å². The first-order valence-electron chi connectivity index (χ1n) is 9.32.